The van der Waals surface area contributed by atoms with Crippen molar-refractivity contribution in [3.05, 3.63) is 125 Å². The zero-order chi connectivity index (χ0) is 23.9. The monoisotopic (exact) mass is 474 g/mol. The minimum Gasteiger partial charge on any atom is -0.508 e. The van der Waals surface area contributed by atoms with E-state index in [1.165, 1.54) is 17.8 Å². The van der Waals surface area contributed by atoms with Crippen molar-refractivity contribution in [1.29, 1.82) is 0 Å². The van der Waals surface area contributed by atoms with E-state index in [4.69, 9.17) is 4.99 Å². The van der Waals surface area contributed by atoms with E-state index in [2.05, 4.69) is 11.0 Å². The van der Waals surface area contributed by atoms with Crippen molar-refractivity contribution in [1.82, 2.24) is 4.90 Å². The maximum Gasteiger partial charge on any atom is 0.169 e. The molecule has 0 aliphatic carbocycles. The van der Waals surface area contributed by atoms with Gasteiger partial charge >= 0.3 is 0 Å². The van der Waals surface area contributed by atoms with Crippen LogP contribution in [0.15, 0.2) is 107 Å². The molecule has 4 rings (SSSR count). The number of halogens is 2. The molecule has 6 heteroatoms. The molecule has 1 N–H and O–H groups in total. The number of thioether (sulfide) groups is 1. The molecular formula is C28H24F2N2OS. The maximum absolute atomic E-state index is 14.0. The van der Waals surface area contributed by atoms with Crippen molar-refractivity contribution in [3.63, 3.8) is 0 Å². The molecule has 0 aromatic heterocycles. The van der Waals surface area contributed by atoms with Crippen LogP contribution in [0.4, 0.5) is 14.5 Å². The number of aromatic hydroxyl groups is 1. The maximum atomic E-state index is 14.0. The van der Waals surface area contributed by atoms with E-state index in [0.29, 0.717) is 23.9 Å². The minimum atomic E-state index is -0.941. The Hall–Kier alpha value is -3.64. The van der Waals surface area contributed by atoms with Gasteiger partial charge in [-0.15, -0.1) is 0 Å². The first-order chi connectivity index (χ1) is 16.5. The Morgan fingerprint density at radius 2 is 1.53 bits per heavy atom. The van der Waals surface area contributed by atoms with Crippen molar-refractivity contribution < 1.29 is 13.9 Å². The van der Waals surface area contributed by atoms with Crippen LogP contribution in [0.25, 0.3) is 0 Å². The van der Waals surface area contributed by atoms with Crippen molar-refractivity contribution in [3.8, 4) is 5.75 Å². The summed E-state index contributed by atoms with van der Waals surface area (Å²) in [6.07, 6.45) is 0. The number of phenolic OH excluding ortho intramolecular Hbond substituents is 1. The SMILES string of the molecule is Cc1cccc(SC(=Nc2ccc(F)c(F)c2)N(Cc2ccccc2)Cc2cccc(O)c2)c1. The first-order valence-corrected chi connectivity index (χ1v) is 11.6. The summed E-state index contributed by atoms with van der Waals surface area (Å²) in [5.74, 6) is -1.67. The first kappa shape index (κ1) is 23.5. The third-order valence-corrected chi connectivity index (χ3v) is 6.12. The Morgan fingerprint density at radius 3 is 2.26 bits per heavy atom. The molecule has 0 fully saturated rings. The lowest BCUT2D eigenvalue weighted by Gasteiger charge is -2.26. The van der Waals surface area contributed by atoms with Crippen LogP contribution in [-0.4, -0.2) is 15.2 Å². The van der Waals surface area contributed by atoms with Gasteiger partial charge in [0.1, 0.15) is 5.75 Å². The van der Waals surface area contributed by atoms with Gasteiger partial charge in [0.25, 0.3) is 0 Å². The smallest absolute Gasteiger partial charge is 0.169 e. The summed E-state index contributed by atoms with van der Waals surface area (Å²) in [6.45, 7) is 3.02. The summed E-state index contributed by atoms with van der Waals surface area (Å²) in [5, 5.41) is 10.6. The van der Waals surface area contributed by atoms with Crippen LogP contribution >= 0.6 is 11.8 Å². The molecule has 3 nitrogen and oxygen atoms in total. The van der Waals surface area contributed by atoms with Crippen molar-refractivity contribution >= 4 is 22.6 Å². The predicted molar refractivity (Wildman–Crippen MR) is 134 cm³/mol. The number of benzene rings is 4. The first-order valence-electron chi connectivity index (χ1n) is 10.8. The molecule has 4 aromatic rings. The number of hydrogen-bond donors (Lipinski definition) is 1. The third kappa shape index (κ3) is 6.45. The predicted octanol–water partition coefficient (Wildman–Crippen LogP) is 7.46. The molecule has 0 saturated heterocycles. The molecular weight excluding hydrogens is 450 g/mol. The van der Waals surface area contributed by atoms with Crippen molar-refractivity contribution in [2.45, 2.75) is 24.9 Å². The largest absolute Gasteiger partial charge is 0.508 e. The lowest BCUT2D eigenvalue weighted by atomic mass is 10.1. The molecule has 0 spiro atoms. The van der Waals surface area contributed by atoms with Crippen molar-refractivity contribution in [2.24, 2.45) is 4.99 Å². The van der Waals surface area contributed by atoms with E-state index in [9.17, 15) is 13.9 Å². The molecule has 172 valence electrons. The number of nitrogens with zero attached hydrogens (tertiary/aromatic N) is 2. The van der Waals surface area contributed by atoms with Crippen LogP contribution in [0.1, 0.15) is 16.7 Å². The number of rotatable bonds is 6. The van der Waals surface area contributed by atoms with Crippen LogP contribution in [0.3, 0.4) is 0 Å². The fourth-order valence-corrected chi connectivity index (χ4v) is 4.49. The van der Waals surface area contributed by atoms with Gasteiger partial charge in [0.05, 0.1) is 5.69 Å². The van der Waals surface area contributed by atoms with Crippen molar-refractivity contribution in [2.75, 3.05) is 0 Å². The molecule has 0 atom stereocenters. The van der Waals surface area contributed by atoms with Crippen LogP contribution in [-0.2, 0) is 13.1 Å². The summed E-state index contributed by atoms with van der Waals surface area (Å²) in [5.41, 5.74) is 3.41. The third-order valence-electron chi connectivity index (χ3n) is 5.10. The Balaban J connectivity index is 1.77. The van der Waals surface area contributed by atoms with Crippen LogP contribution in [0.5, 0.6) is 5.75 Å². The fourth-order valence-electron chi connectivity index (χ4n) is 3.48. The summed E-state index contributed by atoms with van der Waals surface area (Å²) in [4.78, 5) is 7.79. The lowest BCUT2D eigenvalue weighted by Crippen LogP contribution is -2.28. The van der Waals surface area contributed by atoms with Gasteiger partial charge in [0.2, 0.25) is 0 Å². The Kier molecular flexibility index (Phi) is 7.60. The van der Waals surface area contributed by atoms with Gasteiger partial charge in [-0.3, -0.25) is 0 Å². The summed E-state index contributed by atoms with van der Waals surface area (Å²) >= 11 is 1.46. The molecule has 0 heterocycles. The number of hydrogen-bond acceptors (Lipinski definition) is 3. The average molecular weight is 475 g/mol. The van der Waals surface area contributed by atoms with Crippen LogP contribution in [0.2, 0.25) is 0 Å². The summed E-state index contributed by atoms with van der Waals surface area (Å²) < 4.78 is 27.5. The minimum absolute atomic E-state index is 0.183. The molecule has 0 saturated carbocycles. The molecule has 4 aromatic carbocycles. The van der Waals surface area contributed by atoms with Gasteiger partial charge < -0.3 is 10.0 Å². The highest BCUT2D eigenvalue weighted by Crippen LogP contribution is 2.28. The van der Waals surface area contributed by atoms with Crippen LogP contribution < -0.4 is 0 Å². The second-order valence-corrected chi connectivity index (χ2v) is 8.96. The fraction of sp³-hybridized carbons (Fsp3) is 0.107. The molecule has 0 bridgehead atoms. The molecule has 0 aliphatic heterocycles. The quantitative estimate of drug-likeness (QED) is 0.179. The normalized spacial score (nSPS) is 11.4. The highest BCUT2D eigenvalue weighted by Gasteiger charge is 2.16. The summed E-state index contributed by atoms with van der Waals surface area (Å²) in [7, 11) is 0. The van der Waals surface area contributed by atoms with Crippen LogP contribution in [0, 0.1) is 18.6 Å². The van der Waals surface area contributed by atoms with Gasteiger partial charge in [-0.05, 0) is 54.4 Å². The van der Waals surface area contributed by atoms with Gasteiger partial charge in [0.15, 0.2) is 16.8 Å². The molecule has 0 amide bonds. The highest BCUT2D eigenvalue weighted by molar-refractivity contribution is 8.13. The Labute approximate surface area is 202 Å². The van der Waals surface area contributed by atoms with Gasteiger partial charge in [-0.25, -0.2) is 13.8 Å². The summed E-state index contributed by atoms with van der Waals surface area (Å²) in [6, 6.07) is 28.7. The van der Waals surface area contributed by atoms with E-state index in [1.54, 1.807) is 18.2 Å². The van der Waals surface area contributed by atoms with E-state index >= 15 is 0 Å². The van der Waals surface area contributed by atoms with Gasteiger partial charge in [0, 0.05) is 24.1 Å². The zero-order valence-corrected chi connectivity index (χ0v) is 19.5. The Bertz CT molecular complexity index is 1290. The molecule has 0 unspecified atom stereocenters. The second kappa shape index (κ2) is 11.0. The topological polar surface area (TPSA) is 35.8 Å². The zero-order valence-electron chi connectivity index (χ0n) is 18.7. The van der Waals surface area contributed by atoms with E-state index in [-0.39, 0.29) is 5.75 Å². The van der Waals surface area contributed by atoms with Gasteiger partial charge in [-0.2, -0.15) is 0 Å². The number of phenols is 1. The van der Waals surface area contributed by atoms with Gasteiger partial charge in [-0.1, -0.05) is 71.9 Å². The number of aliphatic imine (C=N–C) groups is 1. The number of amidine groups is 1. The second-order valence-electron chi connectivity index (χ2n) is 7.92. The van der Waals surface area contributed by atoms with E-state index < -0.39 is 11.6 Å². The highest BCUT2D eigenvalue weighted by atomic mass is 32.2. The molecule has 34 heavy (non-hydrogen) atoms. The standard InChI is InChI=1S/C28H24F2N2OS/c1-20-7-5-12-25(15-20)34-28(31-23-13-14-26(29)27(30)17-23)32(18-21-8-3-2-4-9-21)19-22-10-6-11-24(33)16-22/h2-17,33H,18-19H2,1H3. The molecule has 0 aliphatic rings. The average Bonchev–Trinajstić information content (AvgIpc) is 2.81. The van der Waals surface area contributed by atoms with E-state index in [1.807, 2.05) is 61.5 Å². The lowest BCUT2D eigenvalue weighted by molar-refractivity contribution is 0.412. The van der Waals surface area contributed by atoms with E-state index in [0.717, 1.165) is 33.7 Å². The molecule has 0 radical (unpaired) electrons. The Morgan fingerprint density at radius 1 is 0.794 bits per heavy atom. The number of aryl methyl sites for hydroxylation is 1.